The van der Waals surface area contributed by atoms with Crippen LogP contribution in [0.15, 0.2) is 121 Å². The molecule has 0 aliphatic carbocycles. The van der Waals surface area contributed by atoms with E-state index in [0.29, 0.717) is 11.1 Å². The Kier molecular flexibility index (Phi) is 12.8. The number of para-hydroxylation sites is 2. The Balaban J connectivity index is 1.19. The van der Waals surface area contributed by atoms with Crippen LogP contribution in [0.4, 0.5) is 16.2 Å². The topological polar surface area (TPSA) is 236 Å². The number of ether oxygens (including phenoxy) is 2. The lowest BCUT2D eigenvalue weighted by atomic mass is 9.77. The van der Waals surface area contributed by atoms with Gasteiger partial charge in [0.2, 0.25) is 11.8 Å². The van der Waals surface area contributed by atoms with E-state index in [0.717, 1.165) is 9.80 Å². The molecule has 19 nitrogen and oxygen atoms in total. The van der Waals surface area contributed by atoms with Crippen molar-refractivity contribution in [2.24, 2.45) is 11.8 Å². The largest absolute Gasteiger partial charge is 0.646 e. The number of nitrogens with zero attached hydrogens (tertiary/aromatic N) is 4. The molecule has 2 aliphatic rings. The van der Waals surface area contributed by atoms with Gasteiger partial charge in [0.15, 0.2) is 5.70 Å². The van der Waals surface area contributed by atoms with Crippen LogP contribution in [0, 0.1) is 32.1 Å². The quantitative estimate of drug-likeness (QED) is 0.0404. The zero-order valence-corrected chi connectivity index (χ0v) is 33.2. The minimum absolute atomic E-state index is 0.110. The first-order chi connectivity index (χ1) is 28.6. The fourth-order valence-corrected chi connectivity index (χ4v) is 7.98. The van der Waals surface area contributed by atoms with Gasteiger partial charge in [0.25, 0.3) is 11.4 Å². The van der Waals surface area contributed by atoms with E-state index in [9.17, 15) is 44.0 Å². The van der Waals surface area contributed by atoms with E-state index in [1.807, 2.05) is 0 Å². The Morgan fingerprint density at radius 3 is 1.75 bits per heavy atom. The number of hydrogen-bond acceptors (Lipinski definition) is 14. The summed E-state index contributed by atoms with van der Waals surface area (Å²) in [5.74, 6) is -4.09. The smallest absolute Gasteiger partial charge is 0.456 e. The zero-order valence-electron chi connectivity index (χ0n) is 32.3. The fourth-order valence-electron chi connectivity index (χ4n) is 6.62. The number of nitrogens with one attached hydrogen (secondary N) is 1. The zero-order chi connectivity index (χ0) is 43.1. The van der Waals surface area contributed by atoms with Crippen molar-refractivity contribution in [3.05, 3.63) is 152 Å². The van der Waals surface area contributed by atoms with E-state index in [2.05, 4.69) is 5.32 Å². The molecule has 4 aromatic rings. The molecule has 0 aromatic heterocycles. The molecule has 6 rings (SSSR count). The van der Waals surface area contributed by atoms with Gasteiger partial charge in [0.05, 0.1) is 21.8 Å². The molecule has 0 saturated carbocycles. The first kappa shape index (κ1) is 42.3. The SMILES string of the molecule is CC1C(OP(=O)(Oc2ccccc2)Oc2ccccc2)=C(C(=O)OCc2ccc([N+](=O)[O-])cc2)N2C(=O)C([C@@H](C)NC(=O)CN(C)C(=O)OCc3ccc([N+](=O)[O-])cc3)C12. The molecule has 3 unspecified atom stereocenters. The van der Waals surface area contributed by atoms with E-state index in [-0.39, 0.29) is 47.5 Å². The number of amides is 3. The van der Waals surface area contributed by atoms with Crippen molar-refractivity contribution < 1.29 is 56.6 Å². The highest BCUT2D eigenvalue weighted by atomic mass is 31.2. The summed E-state index contributed by atoms with van der Waals surface area (Å²) in [4.78, 5) is 76.7. The molecule has 2 heterocycles. The number of likely N-dealkylation sites (N-methyl/N-ethyl adjacent to an activating group) is 1. The predicted molar refractivity (Wildman–Crippen MR) is 210 cm³/mol. The number of esters is 1. The van der Waals surface area contributed by atoms with Gasteiger partial charge in [0.1, 0.15) is 37.0 Å². The van der Waals surface area contributed by atoms with Gasteiger partial charge >= 0.3 is 19.9 Å². The number of carbonyl (C=O) groups is 4. The molecule has 0 radical (unpaired) electrons. The lowest BCUT2D eigenvalue weighted by molar-refractivity contribution is -0.385. The lowest BCUT2D eigenvalue weighted by Crippen LogP contribution is -2.66. The number of β-lactam (4-membered cyclic amide) rings is 1. The standard InChI is InChI=1S/C40H38N5O14P/c1-25-35-34(26(2)41-33(46)22-42(3)40(49)56-24-28-16-20-30(21-17-28)45(52)53)38(47)43(35)36(39(48)55-23-27-14-18-29(19-15-27)44(50)51)37(25)59-60(54,57-31-10-6-4-7-11-31)58-32-12-8-5-9-13-32/h4-21,25-26,34-35H,22-24H2,1-3H3,(H,41,46)/t25?,26-,34?,35?/m1/s1. The van der Waals surface area contributed by atoms with Crippen LogP contribution in [0.3, 0.4) is 0 Å². The molecule has 4 atom stereocenters. The predicted octanol–water partition coefficient (Wildman–Crippen LogP) is 6.29. The second kappa shape index (κ2) is 18.1. The molecular formula is C40H38N5O14P. The van der Waals surface area contributed by atoms with Gasteiger partial charge in [-0.05, 0) is 66.6 Å². The summed E-state index contributed by atoms with van der Waals surface area (Å²) in [5, 5.41) is 24.8. The third-order valence-corrected chi connectivity index (χ3v) is 10.8. The van der Waals surface area contributed by atoms with Crippen molar-refractivity contribution in [1.82, 2.24) is 15.1 Å². The normalized spacial score (nSPS) is 17.4. The van der Waals surface area contributed by atoms with E-state index < -0.39 is 72.0 Å². The monoisotopic (exact) mass is 843 g/mol. The number of non-ortho nitro benzene ring substituents is 2. The first-order valence-corrected chi connectivity index (χ1v) is 19.8. The molecule has 0 bridgehead atoms. The van der Waals surface area contributed by atoms with Gasteiger partial charge in [-0.3, -0.25) is 34.7 Å². The van der Waals surface area contributed by atoms with Gasteiger partial charge in [0, 0.05) is 43.3 Å². The van der Waals surface area contributed by atoms with Crippen molar-refractivity contribution >= 4 is 43.1 Å². The summed E-state index contributed by atoms with van der Waals surface area (Å²) in [6.07, 6.45) is -0.853. The lowest BCUT2D eigenvalue weighted by Gasteiger charge is -2.47. The molecule has 2 aliphatic heterocycles. The number of nitro benzene ring substituents is 2. The second-order valence-electron chi connectivity index (χ2n) is 13.8. The van der Waals surface area contributed by atoms with Crippen molar-refractivity contribution in [3.8, 4) is 11.5 Å². The van der Waals surface area contributed by atoms with Crippen LogP contribution in [0.2, 0.25) is 0 Å². The average Bonchev–Trinajstić information content (AvgIpc) is 3.46. The van der Waals surface area contributed by atoms with Gasteiger partial charge in [-0.25, -0.2) is 9.59 Å². The number of nitro groups is 2. The average molecular weight is 844 g/mol. The molecule has 4 aromatic carbocycles. The minimum Gasteiger partial charge on any atom is -0.456 e. The molecule has 0 spiro atoms. The summed E-state index contributed by atoms with van der Waals surface area (Å²) in [6.45, 7) is 2.18. The summed E-state index contributed by atoms with van der Waals surface area (Å²) in [5.41, 5.74) is 0.207. The summed E-state index contributed by atoms with van der Waals surface area (Å²) in [6, 6.07) is 25.0. The van der Waals surface area contributed by atoms with Crippen LogP contribution in [-0.4, -0.2) is 69.2 Å². The molecule has 20 heteroatoms. The van der Waals surface area contributed by atoms with Crippen LogP contribution < -0.4 is 14.4 Å². The Bertz CT molecular complexity index is 2300. The van der Waals surface area contributed by atoms with Crippen molar-refractivity contribution in [2.75, 3.05) is 13.6 Å². The highest BCUT2D eigenvalue weighted by Gasteiger charge is 2.62. The molecule has 60 heavy (non-hydrogen) atoms. The van der Waals surface area contributed by atoms with E-state index >= 15 is 0 Å². The fraction of sp³-hybridized carbons (Fsp3) is 0.250. The van der Waals surface area contributed by atoms with Crippen LogP contribution in [0.25, 0.3) is 0 Å². The molecule has 1 saturated heterocycles. The van der Waals surface area contributed by atoms with Crippen molar-refractivity contribution in [1.29, 1.82) is 0 Å². The highest BCUT2D eigenvalue weighted by Crippen LogP contribution is 2.57. The van der Waals surface area contributed by atoms with Crippen LogP contribution in [0.5, 0.6) is 11.5 Å². The third kappa shape index (κ3) is 9.70. The highest BCUT2D eigenvalue weighted by molar-refractivity contribution is 7.49. The number of fused-ring (bicyclic) bond motifs is 1. The summed E-state index contributed by atoms with van der Waals surface area (Å²) < 4.78 is 43.0. The third-order valence-electron chi connectivity index (χ3n) is 9.56. The summed E-state index contributed by atoms with van der Waals surface area (Å²) >= 11 is 0. The van der Waals surface area contributed by atoms with Gasteiger partial charge in [-0.2, -0.15) is 4.57 Å². The molecule has 1 fully saturated rings. The Labute approximate surface area is 342 Å². The summed E-state index contributed by atoms with van der Waals surface area (Å²) in [7, 11) is -3.37. The number of carbonyl (C=O) groups excluding carboxylic acids is 4. The van der Waals surface area contributed by atoms with Crippen LogP contribution in [-0.2, 0) is 46.2 Å². The van der Waals surface area contributed by atoms with E-state index in [1.54, 1.807) is 50.2 Å². The maximum Gasteiger partial charge on any atom is 0.646 e. The van der Waals surface area contributed by atoms with Crippen molar-refractivity contribution in [2.45, 2.75) is 39.1 Å². The maximum atomic E-state index is 14.6. The van der Waals surface area contributed by atoms with Gasteiger partial charge in [-0.1, -0.05) is 43.3 Å². The maximum absolute atomic E-state index is 14.6. The molecular weight excluding hydrogens is 805 g/mol. The van der Waals surface area contributed by atoms with Gasteiger partial charge < -0.3 is 33.3 Å². The number of phosphoric acid groups is 1. The Morgan fingerprint density at radius 2 is 1.27 bits per heavy atom. The van der Waals surface area contributed by atoms with Crippen molar-refractivity contribution in [3.63, 3.8) is 0 Å². The van der Waals surface area contributed by atoms with E-state index in [1.165, 1.54) is 79.8 Å². The molecule has 312 valence electrons. The molecule has 1 N–H and O–H groups in total. The Hall–Kier alpha value is -7.27. The number of rotatable bonds is 17. The van der Waals surface area contributed by atoms with Crippen LogP contribution >= 0.6 is 7.82 Å². The first-order valence-electron chi connectivity index (χ1n) is 18.3. The van der Waals surface area contributed by atoms with E-state index in [4.69, 9.17) is 23.0 Å². The number of phosphoric ester groups is 1. The van der Waals surface area contributed by atoms with Crippen LogP contribution in [0.1, 0.15) is 25.0 Å². The van der Waals surface area contributed by atoms with Gasteiger partial charge in [-0.15, -0.1) is 0 Å². The second-order valence-corrected chi connectivity index (χ2v) is 15.2. The Morgan fingerprint density at radius 1 is 0.783 bits per heavy atom. The number of benzene rings is 4. The molecule has 3 amide bonds. The number of hydrogen-bond donors (Lipinski definition) is 1. The minimum atomic E-state index is -4.70.